The number of morpholine rings is 1. The molecule has 4 heteroatoms. The maximum Gasteiger partial charge on any atom is 0.118 e. The number of aryl methyl sites for hydroxylation is 1. The van der Waals surface area contributed by atoms with E-state index in [1.807, 2.05) is 0 Å². The van der Waals surface area contributed by atoms with Gasteiger partial charge in [-0.3, -0.25) is 4.90 Å². The molecule has 1 fully saturated rings. The molecular weight excluding hydrogens is 264 g/mol. The van der Waals surface area contributed by atoms with Gasteiger partial charge in [-0.05, 0) is 47.6 Å². The average Bonchev–Trinajstić information content (AvgIpc) is 2.71. The SMILES string of the molecule is Cc1oc(CN2CC(C)OCC2C)cc1CNC(C)(C)C. The van der Waals surface area contributed by atoms with Crippen molar-refractivity contribution < 1.29 is 9.15 Å². The number of nitrogens with zero attached hydrogens (tertiary/aromatic N) is 1. The number of hydrogen-bond donors (Lipinski definition) is 1. The Balaban J connectivity index is 1.98. The Kier molecular flexibility index (Phi) is 5.12. The maximum absolute atomic E-state index is 5.94. The largest absolute Gasteiger partial charge is 0.465 e. The third-order valence-electron chi connectivity index (χ3n) is 3.98. The number of nitrogens with one attached hydrogen (secondary N) is 1. The van der Waals surface area contributed by atoms with Gasteiger partial charge in [0.15, 0.2) is 0 Å². The van der Waals surface area contributed by atoms with Gasteiger partial charge in [0.05, 0.1) is 19.3 Å². The zero-order valence-corrected chi connectivity index (χ0v) is 14.3. The first-order valence-electron chi connectivity index (χ1n) is 7.93. The molecule has 1 N–H and O–H groups in total. The highest BCUT2D eigenvalue weighted by molar-refractivity contribution is 5.21. The van der Waals surface area contributed by atoms with Crippen LogP contribution in [0.3, 0.4) is 0 Å². The van der Waals surface area contributed by atoms with Crippen molar-refractivity contribution in [1.82, 2.24) is 10.2 Å². The number of ether oxygens (including phenoxy) is 1. The molecule has 1 saturated heterocycles. The highest BCUT2D eigenvalue weighted by Crippen LogP contribution is 2.20. The summed E-state index contributed by atoms with van der Waals surface area (Å²) in [5.41, 5.74) is 1.38. The first kappa shape index (κ1) is 16.5. The molecule has 1 aliphatic rings. The maximum atomic E-state index is 5.94. The first-order chi connectivity index (χ1) is 9.74. The Labute approximate surface area is 128 Å². The van der Waals surface area contributed by atoms with E-state index in [0.717, 1.165) is 37.8 Å². The molecule has 0 radical (unpaired) electrons. The van der Waals surface area contributed by atoms with Gasteiger partial charge in [-0.25, -0.2) is 0 Å². The average molecular weight is 294 g/mol. The zero-order chi connectivity index (χ0) is 15.6. The molecule has 1 aromatic rings. The van der Waals surface area contributed by atoms with Gasteiger partial charge >= 0.3 is 0 Å². The van der Waals surface area contributed by atoms with Crippen molar-refractivity contribution >= 4 is 0 Å². The van der Waals surface area contributed by atoms with E-state index in [-0.39, 0.29) is 5.54 Å². The third kappa shape index (κ3) is 4.83. The van der Waals surface area contributed by atoms with E-state index in [0.29, 0.717) is 12.1 Å². The van der Waals surface area contributed by atoms with Crippen LogP contribution in [-0.4, -0.2) is 35.7 Å². The van der Waals surface area contributed by atoms with Crippen molar-refractivity contribution in [2.45, 2.75) is 72.3 Å². The van der Waals surface area contributed by atoms with E-state index in [9.17, 15) is 0 Å². The van der Waals surface area contributed by atoms with Crippen LogP contribution in [0.4, 0.5) is 0 Å². The van der Waals surface area contributed by atoms with E-state index >= 15 is 0 Å². The van der Waals surface area contributed by atoms with Gasteiger partial charge in [-0.15, -0.1) is 0 Å². The summed E-state index contributed by atoms with van der Waals surface area (Å²) in [6, 6.07) is 2.64. The van der Waals surface area contributed by atoms with E-state index in [2.05, 4.69) is 57.8 Å². The van der Waals surface area contributed by atoms with Gasteiger partial charge in [0, 0.05) is 30.2 Å². The van der Waals surface area contributed by atoms with Crippen LogP contribution in [0.5, 0.6) is 0 Å². The van der Waals surface area contributed by atoms with Crippen LogP contribution in [-0.2, 0) is 17.8 Å². The fourth-order valence-corrected chi connectivity index (χ4v) is 2.59. The van der Waals surface area contributed by atoms with Crippen LogP contribution < -0.4 is 5.32 Å². The number of rotatable bonds is 4. The Hall–Kier alpha value is -0.840. The topological polar surface area (TPSA) is 37.6 Å². The molecule has 0 spiro atoms. The Bertz CT molecular complexity index is 462. The van der Waals surface area contributed by atoms with E-state index in [1.54, 1.807) is 0 Å². The number of hydrogen-bond acceptors (Lipinski definition) is 4. The van der Waals surface area contributed by atoms with Gasteiger partial charge in [-0.2, -0.15) is 0 Å². The monoisotopic (exact) mass is 294 g/mol. The molecule has 2 rings (SSSR count). The van der Waals surface area contributed by atoms with Crippen LogP contribution >= 0.6 is 0 Å². The zero-order valence-electron chi connectivity index (χ0n) is 14.3. The highest BCUT2D eigenvalue weighted by Gasteiger charge is 2.24. The Morgan fingerprint density at radius 2 is 2.05 bits per heavy atom. The normalized spacial score (nSPS) is 24.5. The van der Waals surface area contributed by atoms with Crippen molar-refractivity contribution in [2.24, 2.45) is 0 Å². The molecule has 0 aliphatic carbocycles. The lowest BCUT2D eigenvalue weighted by atomic mass is 10.1. The van der Waals surface area contributed by atoms with Crippen LogP contribution in [0.15, 0.2) is 10.5 Å². The van der Waals surface area contributed by atoms with Gasteiger partial charge in [-0.1, -0.05) is 0 Å². The summed E-state index contributed by atoms with van der Waals surface area (Å²) >= 11 is 0. The van der Waals surface area contributed by atoms with E-state index in [4.69, 9.17) is 9.15 Å². The molecule has 1 aliphatic heterocycles. The second-order valence-corrected chi connectivity index (χ2v) is 7.32. The fraction of sp³-hybridized carbons (Fsp3) is 0.765. The van der Waals surface area contributed by atoms with Crippen molar-refractivity contribution in [1.29, 1.82) is 0 Å². The van der Waals surface area contributed by atoms with Crippen molar-refractivity contribution in [3.8, 4) is 0 Å². The Morgan fingerprint density at radius 1 is 1.33 bits per heavy atom. The minimum Gasteiger partial charge on any atom is -0.465 e. The minimum atomic E-state index is 0.123. The number of furan rings is 1. The summed E-state index contributed by atoms with van der Waals surface area (Å²) in [5.74, 6) is 2.08. The lowest BCUT2D eigenvalue weighted by Crippen LogP contribution is -2.46. The Morgan fingerprint density at radius 3 is 2.71 bits per heavy atom. The molecule has 0 aromatic carbocycles. The minimum absolute atomic E-state index is 0.123. The molecule has 2 atom stereocenters. The molecule has 120 valence electrons. The van der Waals surface area contributed by atoms with Crippen LogP contribution in [0.2, 0.25) is 0 Å². The highest BCUT2D eigenvalue weighted by atomic mass is 16.5. The molecule has 21 heavy (non-hydrogen) atoms. The second-order valence-electron chi connectivity index (χ2n) is 7.32. The molecule has 0 bridgehead atoms. The van der Waals surface area contributed by atoms with Gasteiger partial charge in [0.2, 0.25) is 0 Å². The van der Waals surface area contributed by atoms with E-state index < -0.39 is 0 Å². The molecule has 0 amide bonds. The predicted octanol–water partition coefficient (Wildman–Crippen LogP) is 3.09. The predicted molar refractivity (Wildman–Crippen MR) is 85.3 cm³/mol. The lowest BCUT2D eigenvalue weighted by Gasteiger charge is -2.36. The standard InChI is InChI=1S/C17H30N2O2/c1-12-11-20-13(2)9-19(12)10-16-7-15(14(3)21-16)8-18-17(4,5)6/h7,12-13,18H,8-11H2,1-6H3. The van der Waals surface area contributed by atoms with Crippen LogP contribution in [0.25, 0.3) is 0 Å². The van der Waals surface area contributed by atoms with E-state index in [1.165, 1.54) is 5.56 Å². The van der Waals surface area contributed by atoms with Crippen LogP contribution in [0, 0.1) is 6.92 Å². The summed E-state index contributed by atoms with van der Waals surface area (Å²) in [6.07, 6.45) is 0.305. The van der Waals surface area contributed by atoms with Crippen LogP contribution in [0.1, 0.15) is 51.7 Å². The molecular formula is C17H30N2O2. The third-order valence-corrected chi connectivity index (χ3v) is 3.98. The van der Waals surface area contributed by atoms with Crippen molar-refractivity contribution in [3.05, 3.63) is 23.2 Å². The summed E-state index contributed by atoms with van der Waals surface area (Å²) in [6.45, 7) is 16.4. The molecule has 2 unspecified atom stereocenters. The fourth-order valence-electron chi connectivity index (χ4n) is 2.59. The molecule has 2 heterocycles. The molecule has 1 aromatic heterocycles. The van der Waals surface area contributed by atoms with Crippen molar-refractivity contribution in [3.63, 3.8) is 0 Å². The lowest BCUT2D eigenvalue weighted by molar-refractivity contribution is -0.0546. The molecule has 0 saturated carbocycles. The first-order valence-corrected chi connectivity index (χ1v) is 7.93. The van der Waals surface area contributed by atoms with Gasteiger partial charge in [0.1, 0.15) is 11.5 Å². The smallest absolute Gasteiger partial charge is 0.118 e. The summed E-state index contributed by atoms with van der Waals surface area (Å²) in [4.78, 5) is 2.44. The van der Waals surface area contributed by atoms with Gasteiger partial charge < -0.3 is 14.5 Å². The summed E-state index contributed by atoms with van der Waals surface area (Å²) < 4.78 is 11.6. The second kappa shape index (κ2) is 6.51. The van der Waals surface area contributed by atoms with Gasteiger partial charge in [0.25, 0.3) is 0 Å². The molecule has 4 nitrogen and oxygen atoms in total. The quantitative estimate of drug-likeness (QED) is 0.926. The summed E-state index contributed by atoms with van der Waals surface area (Å²) in [5, 5.41) is 3.52. The summed E-state index contributed by atoms with van der Waals surface area (Å²) in [7, 11) is 0. The van der Waals surface area contributed by atoms with Crippen molar-refractivity contribution in [2.75, 3.05) is 13.2 Å².